The van der Waals surface area contributed by atoms with Crippen LogP contribution in [0.25, 0.3) is 11.0 Å². The zero-order valence-corrected chi connectivity index (χ0v) is 13.1. The monoisotopic (exact) mass is 343 g/mol. The molecule has 3 rings (SSSR count). The summed E-state index contributed by atoms with van der Waals surface area (Å²) in [6.45, 7) is 2.29. The van der Waals surface area contributed by atoms with Gasteiger partial charge in [0.2, 0.25) is 0 Å². The quantitative estimate of drug-likeness (QED) is 0.763. The van der Waals surface area contributed by atoms with Crippen molar-refractivity contribution in [3.8, 4) is 0 Å². The zero-order valence-electron chi connectivity index (χ0n) is 11.5. The van der Waals surface area contributed by atoms with Crippen LogP contribution in [-0.2, 0) is 6.54 Å². The predicted molar refractivity (Wildman–Crippen MR) is 86.1 cm³/mol. The average molecular weight is 344 g/mol. The number of aryl methyl sites for hydroxylation is 1. The zero-order chi connectivity index (χ0) is 14.8. The van der Waals surface area contributed by atoms with Gasteiger partial charge in [-0.3, -0.25) is 4.79 Å². The Balaban J connectivity index is 1.74. The highest BCUT2D eigenvalue weighted by atomic mass is 79.9. The number of halogens is 1. The Morgan fingerprint density at radius 1 is 1.29 bits per heavy atom. The molecule has 1 amide bonds. The number of imidazole rings is 1. The number of benzene rings is 2. The minimum absolute atomic E-state index is 0.103. The highest BCUT2D eigenvalue weighted by Gasteiger charge is 2.10. The molecular formula is C16H14BrN3O. The Hall–Kier alpha value is -2.14. The van der Waals surface area contributed by atoms with E-state index in [9.17, 15) is 4.79 Å². The average Bonchev–Trinajstić information content (AvgIpc) is 2.90. The molecule has 0 atom stereocenters. The first-order valence-corrected chi connectivity index (χ1v) is 7.41. The fraction of sp³-hybridized carbons (Fsp3) is 0.125. The van der Waals surface area contributed by atoms with Gasteiger partial charge >= 0.3 is 0 Å². The van der Waals surface area contributed by atoms with E-state index in [1.54, 1.807) is 0 Å². The van der Waals surface area contributed by atoms with E-state index >= 15 is 0 Å². The molecule has 0 fully saturated rings. The second kappa shape index (κ2) is 5.69. The number of fused-ring (bicyclic) bond motifs is 1. The van der Waals surface area contributed by atoms with Crippen LogP contribution in [-0.4, -0.2) is 15.9 Å². The third-order valence-corrected chi connectivity index (χ3v) is 3.79. The Morgan fingerprint density at radius 2 is 2.10 bits per heavy atom. The Bertz CT molecular complexity index is 777. The van der Waals surface area contributed by atoms with Crippen molar-refractivity contribution >= 4 is 32.9 Å². The molecule has 0 aliphatic rings. The van der Waals surface area contributed by atoms with Crippen LogP contribution in [0, 0.1) is 6.92 Å². The molecule has 0 aliphatic heterocycles. The minimum Gasteiger partial charge on any atom is -0.345 e. The van der Waals surface area contributed by atoms with Crippen molar-refractivity contribution in [3.63, 3.8) is 0 Å². The number of hydrogen-bond acceptors (Lipinski definition) is 2. The van der Waals surface area contributed by atoms with Gasteiger partial charge in [0.05, 0.1) is 17.6 Å². The third kappa shape index (κ3) is 2.97. The lowest BCUT2D eigenvalue weighted by atomic mass is 10.1. The van der Waals surface area contributed by atoms with Crippen LogP contribution in [0.5, 0.6) is 0 Å². The number of H-pyrrole nitrogens is 1. The molecule has 1 aromatic heterocycles. The molecule has 2 N–H and O–H groups in total. The van der Waals surface area contributed by atoms with Crippen LogP contribution in [0.15, 0.2) is 46.9 Å². The molecule has 0 spiro atoms. The summed E-state index contributed by atoms with van der Waals surface area (Å²) in [4.78, 5) is 19.9. The van der Waals surface area contributed by atoms with E-state index in [4.69, 9.17) is 0 Å². The maximum absolute atomic E-state index is 12.2. The van der Waals surface area contributed by atoms with Gasteiger partial charge in [-0.2, -0.15) is 0 Å². The van der Waals surface area contributed by atoms with Crippen LogP contribution in [0.1, 0.15) is 21.7 Å². The molecule has 2 aromatic carbocycles. The lowest BCUT2D eigenvalue weighted by molar-refractivity contribution is 0.0949. The van der Waals surface area contributed by atoms with Gasteiger partial charge in [-0.05, 0) is 36.8 Å². The van der Waals surface area contributed by atoms with E-state index < -0.39 is 0 Å². The number of nitrogens with one attached hydrogen (secondary N) is 2. The summed E-state index contributed by atoms with van der Waals surface area (Å²) in [6.07, 6.45) is 0. The number of carbonyl (C=O) groups is 1. The van der Waals surface area contributed by atoms with Crippen molar-refractivity contribution in [1.82, 2.24) is 15.3 Å². The van der Waals surface area contributed by atoms with E-state index in [0.29, 0.717) is 12.1 Å². The molecule has 0 saturated carbocycles. The van der Waals surface area contributed by atoms with E-state index in [1.807, 2.05) is 49.4 Å². The summed E-state index contributed by atoms with van der Waals surface area (Å²) < 4.78 is 0.891. The predicted octanol–water partition coefficient (Wildman–Crippen LogP) is 3.56. The third-order valence-electron chi connectivity index (χ3n) is 3.30. The summed E-state index contributed by atoms with van der Waals surface area (Å²) in [7, 11) is 0. The number of amides is 1. The van der Waals surface area contributed by atoms with Crippen LogP contribution in [0.3, 0.4) is 0 Å². The molecule has 4 nitrogen and oxygen atoms in total. The van der Waals surface area contributed by atoms with E-state index in [1.165, 1.54) is 0 Å². The Labute approximate surface area is 130 Å². The number of nitrogens with zero attached hydrogens (tertiary/aromatic N) is 1. The maximum atomic E-state index is 12.2. The second-order valence-electron chi connectivity index (χ2n) is 4.84. The largest absolute Gasteiger partial charge is 0.345 e. The van der Waals surface area contributed by atoms with Crippen LogP contribution < -0.4 is 5.32 Å². The van der Waals surface area contributed by atoms with Crippen molar-refractivity contribution in [2.45, 2.75) is 13.5 Å². The van der Waals surface area contributed by atoms with Crippen molar-refractivity contribution in [2.24, 2.45) is 0 Å². The fourth-order valence-corrected chi connectivity index (χ4v) is 2.55. The number of carbonyl (C=O) groups excluding carboxylic acids is 1. The highest BCUT2D eigenvalue weighted by Crippen LogP contribution is 2.16. The van der Waals surface area contributed by atoms with Gasteiger partial charge < -0.3 is 10.3 Å². The Morgan fingerprint density at radius 3 is 2.90 bits per heavy atom. The van der Waals surface area contributed by atoms with Gasteiger partial charge in [0, 0.05) is 10.0 Å². The van der Waals surface area contributed by atoms with Crippen LogP contribution >= 0.6 is 15.9 Å². The van der Waals surface area contributed by atoms with E-state index in [2.05, 4.69) is 31.2 Å². The molecule has 0 bridgehead atoms. The summed E-state index contributed by atoms with van der Waals surface area (Å²) in [5, 5.41) is 2.89. The van der Waals surface area contributed by atoms with Gasteiger partial charge in [-0.25, -0.2) is 4.98 Å². The molecule has 1 heterocycles. The molecule has 106 valence electrons. The van der Waals surface area contributed by atoms with Crippen molar-refractivity contribution in [1.29, 1.82) is 0 Å². The Kier molecular flexibility index (Phi) is 3.75. The number of para-hydroxylation sites is 2. The normalized spacial score (nSPS) is 10.8. The minimum atomic E-state index is -0.103. The summed E-state index contributed by atoms with van der Waals surface area (Å²) >= 11 is 3.39. The summed E-state index contributed by atoms with van der Waals surface area (Å²) in [5.74, 6) is 0.645. The SMILES string of the molecule is Cc1ccc(Br)cc1C(=O)NCc1nc2ccccc2[nH]1. The summed E-state index contributed by atoms with van der Waals surface area (Å²) in [6, 6.07) is 13.5. The second-order valence-corrected chi connectivity index (χ2v) is 5.76. The molecule has 0 saturated heterocycles. The van der Waals surface area contributed by atoms with Crippen LogP contribution in [0.4, 0.5) is 0 Å². The van der Waals surface area contributed by atoms with E-state index in [0.717, 1.165) is 26.9 Å². The number of aromatic nitrogens is 2. The first-order chi connectivity index (χ1) is 10.1. The number of hydrogen-bond donors (Lipinski definition) is 2. The van der Waals surface area contributed by atoms with Crippen LogP contribution in [0.2, 0.25) is 0 Å². The van der Waals surface area contributed by atoms with Gasteiger partial charge in [0.15, 0.2) is 0 Å². The first kappa shape index (κ1) is 13.8. The van der Waals surface area contributed by atoms with E-state index in [-0.39, 0.29) is 5.91 Å². The molecule has 21 heavy (non-hydrogen) atoms. The van der Waals surface area contributed by atoms with Gasteiger partial charge in [-0.15, -0.1) is 0 Å². The fourth-order valence-electron chi connectivity index (χ4n) is 2.19. The van der Waals surface area contributed by atoms with Crippen molar-refractivity contribution in [3.05, 3.63) is 63.9 Å². The molecular weight excluding hydrogens is 330 g/mol. The number of rotatable bonds is 3. The van der Waals surface area contributed by atoms with Crippen molar-refractivity contribution < 1.29 is 4.79 Å². The highest BCUT2D eigenvalue weighted by molar-refractivity contribution is 9.10. The van der Waals surface area contributed by atoms with Crippen molar-refractivity contribution in [2.75, 3.05) is 0 Å². The number of aromatic amines is 1. The summed E-state index contributed by atoms with van der Waals surface area (Å²) in [5.41, 5.74) is 3.49. The first-order valence-electron chi connectivity index (χ1n) is 6.61. The lowest BCUT2D eigenvalue weighted by Gasteiger charge is -2.07. The van der Waals surface area contributed by atoms with Gasteiger partial charge in [0.25, 0.3) is 5.91 Å². The molecule has 5 heteroatoms. The molecule has 3 aromatic rings. The molecule has 0 unspecified atom stereocenters. The lowest BCUT2D eigenvalue weighted by Crippen LogP contribution is -2.24. The van der Waals surface area contributed by atoms with Gasteiger partial charge in [-0.1, -0.05) is 34.1 Å². The topological polar surface area (TPSA) is 57.8 Å². The molecule has 0 radical (unpaired) electrons. The van der Waals surface area contributed by atoms with Gasteiger partial charge in [0.1, 0.15) is 5.82 Å². The standard InChI is InChI=1S/C16H14BrN3O/c1-10-6-7-11(17)8-12(10)16(21)18-9-15-19-13-4-2-3-5-14(13)20-15/h2-8H,9H2,1H3,(H,18,21)(H,19,20). The smallest absolute Gasteiger partial charge is 0.251 e. The maximum Gasteiger partial charge on any atom is 0.251 e. The molecule has 0 aliphatic carbocycles.